The molecule has 0 aliphatic carbocycles. The van der Waals surface area contributed by atoms with Gasteiger partial charge in [-0.1, -0.05) is 5.21 Å². The van der Waals surface area contributed by atoms with Crippen molar-refractivity contribution in [2.45, 2.75) is 19.4 Å². The van der Waals surface area contributed by atoms with Crippen molar-refractivity contribution in [3.05, 3.63) is 36.7 Å². The zero-order valence-electron chi connectivity index (χ0n) is 11.0. The maximum atomic E-state index is 5.43. The monoisotopic (exact) mass is 258 g/mol. The molecule has 1 saturated heterocycles. The van der Waals surface area contributed by atoms with Crippen molar-refractivity contribution in [2.75, 3.05) is 18.5 Å². The van der Waals surface area contributed by atoms with Gasteiger partial charge in [0.05, 0.1) is 24.7 Å². The smallest absolute Gasteiger partial charge is 0.0697 e. The Morgan fingerprint density at radius 3 is 2.84 bits per heavy atom. The van der Waals surface area contributed by atoms with Gasteiger partial charge < -0.3 is 10.1 Å². The Morgan fingerprint density at radius 1 is 1.37 bits per heavy atom. The maximum Gasteiger partial charge on any atom is 0.0697 e. The van der Waals surface area contributed by atoms with Crippen LogP contribution >= 0.6 is 0 Å². The fourth-order valence-electron chi connectivity index (χ4n) is 2.38. The highest BCUT2D eigenvalue weighted by Gasteiger charge is 2.21. The van der Waals surface area contributed by atoms with Crippen LogP contribution in [-0.2, 0) is 4.74 Å². The van der Waals surface area contributed by atoms with Gasteiger partial charge in [-0.25, -0.2) is 4.68 Å². The molecule has 2 unspecified atom stereocenters. The summed E-state index contributed by atoms with van der Waals surface area (Å²) in [6.07, 6.45) is 4.65. The Labute approximate surface area is 112 Å². The molecule has 2 heterocycles. The van der Waals surface area contributed by atoms with E-state index in [2.05, 4.69) is 34.7 Å². The summed E-state index contributed by atoms with van der Waals surface area (Å²) in [4.78, 5) is 0. The van der Waals surface area contributed by atoms with Crippen molar-refractivity contribution in [3.8, 4) is 5.69 Å². The van der Waals surface area contributed by atoms with E-state index < -0.39 is 0 Å². The molecule has 1 aliphatic rings. The lowest BCUT2D eigenvalue weighted by Gasteiger charge is -2.20. The van der Waals surface area contributed by atoms with Gasteiger partial charge in [0.15, 0.2) is 0 Å². The van der Waals surface area contributed by atoms with Gasteiger partial charge in [0.2, 0.25) is 0 Å². The Morgan fingerprint density at radius 2 is 2.21 bits per heavy atom. The number of rotatable bonds is 4. The number of hydrogen-bond acceptors (Lipinski definition) is 4. The molecule has 0 spiro atoms. The van der Waals surface area contributed by atoms with Crippen LogP contribution in [0.4, 0.5) is 5.69 Å². The highest BCUT2D eigenvalue weighted by molar-refractivity contribution is 5.49. The van der Waals surface area contributed by atoms with Gasteiger partial charge in [-0.05, 0) is 37.6 Å². The van der Waals surface area contributed by atoms with Crippen molar-refractivity contribution in [1.82, 2.24) is 15.0 Å². The second kappa shape index (κ2) is 5.40. The van der Waals surface area contributed by atoms with Crippen LogP contribution in [0.5, 0.6) is 0 Å². The SMILES string of the molecule is CC(Nc1ccc(-n2ccnn2)cc1)C1CCOC1. The van der Waals surface area contributed by atoms with Crippen molar-refractivity contribution < 1.29 is 4.74 Å². The number of nitrogens with one attached hydrogen (secondary N) is 1. The molecule has 0 amide bonds. The largest absolute Gasteiger partial charge is 0.382 e. The van der Waals surface area contributed by atoms with E-state index in [1.165, 1.54) is 0 Å². The van der Waals surface area contributed by atoms with Crippen LogP contribution < -0.4 is 5.32 Å². The second-order valence-corrected chi connectivity index (χ2v) is 4.95. The summed E-state index contributed by atoms with van der Waals surface area (Å²) in [5, 5.41) is 11.3. The van der Waals surface area contributed by atoms with E-state index in [0.717, 1.165) is 31.0 Å². The number of anilines is 1. The summed E-state index contributed by atoms with van der Waals surface area (Å²) in [6, 6.07) is 8.65. The van der Waals surface area contributed by atoms with Gasteiger partial charge in [-0.3, -0.25) is 0 Å². The van der Waals surface area contributed by atoms with Gasteiger partial charge >= 0.3 is 0 Å². The van der Waals surface area contributed by atoms with Crippen molar-refractivity contribution in [3.63, 3.8) is 0 Å². The van der Waals surface area contributed by atoms with Crippen LogP contribution in [-0.4, -0.2) is 34.2 Å². The molecule has 19 heavy (non-hydrogen) atoms. The fraction of sp³-hybridized carbons (Fsp3) is 0.429. The first-order valence-electron chi connectivity index (χ1n) is 6.64. The van der Waals surface area contributed by atoms with Gasteiger partial charge in [-0.15, -0.1) is 5.10 Å². The predicted octanol–water partition coefficient (Wildman–Crippen LogP) is 2.10. The van der Waals surface area contributed by atoms with Crippen LogP contribution in [0.3, 0.4) is 0 Å². The fourth-order valence-corrected chi connectivity index (χ4v) is 2.38. The molecule has 0 saturated carbocycles. The number of aromatic nitrogens is 3. The molecule has 5 nitrogen and oxygen atoms in total. The van der Waals surface area contributed by atoms with E-state index >= 15 is 0 Å². The van der Waals surface area contributed by atoms with Crippen LogP contribution in [0, 0.1) is 5.92 Å². The minimum Gasteiger partial charge on any atom is -0.382 e. The van der Waals surface area contributed by atoms with Crippen LogP contribution in [0.15, 0.2) is 36.7 Å². The molecule has 1 N–H and O–H groups in total. The normalized spacial score (nSPS) is 20.4. The van der Waals surface area contributed by atoms with Crippen LogP contribution in [0.2, 0.25) is 0 Å². The lowest BCUT2D eigenvalue weighted by Crippen LogP contribution is -2.26. The first kappa shape index (κ1) is 12.2. The minimum absolute atomic E-state index is 0.430. The highest BCUT2D eigenvalue weighted by Crippen LogP contribution is 2.21. The van der Waals surface area contributed by atoms with E-state index in [1.54, 1.807) is 10.9 Å². The molecule has 3 rings (SSSR count). The Bertz CT molecular complexity index is 503. The molecular formula is C14H18N4O. The molecular weight excluding hydrogens is 240 g/mol. The van der Waals surface area contributed by atoms with E-state index in [1.807, 2.05) is 18.3 Å². The zero-order valence-corrected chi connectivity index (χ0v) is 11.0. The van der Waals surface area contributed by atoms with E-state index in [9.17, 15) is 0 Å². The average molecular weight is 258 g/mol. The van der Waals surface area contributed by atoms with Gasteiger partial charge in [0.25, 0.3) is 0 Å². The van der Waals surface area contributed by atoms with E-state index in [4.69, 9.17) is 4.74 Å². The lowest BCUT2D eigenvalue weighted by atomic mass is 10.0. The summed E-state index contributed by atoms with van der Waals surface area (Å²) in [5.41, 5.74) is 2.14. The molecule has 1 fully saturated rings. The summed E-state index contributed by atoms with van der Waals surface area (Å²) in [6.45, 7) is 3.97. The molecule has 0 bridgehead atoms. The van der Waals surface area contributed by atoms with Gasteiger partial charge in [0, 0.05) is 24.3 Å². The quantitative estimate of drug-likeness (QED) is 0.912. The molecule has 2 aromatic rings. The second-order valence-electron chi connectivity index (χ2n) is 4.95. The molecule has 2 atom stereocenters. The number of hydrogen-bond donors (Lipinski definition) is 1. The minimum atomic E-state index is 0.430. The first-order valence-corrected chi connectivity index (χ1v) is 6.64. The first-order chi connectivity index (χ1) is 9.33. The molecule has 100 valence electrons. The van der Waals surface area contributed by atoms with Crippen molar-refractivity contribution >= 4 is 5.69 Å². The van der Waals surface area contributed by atoms with Gasteiger partial charge in [-0.2, -0.15) is 0 Å². The Balaban J connectivity index is 1.65. The van der Waals surface area contributed by atoms with Crippen molar-refractivity contribution in [1.29, 1.82) is 0 Å². The Hall–Kier alpha value is -1.88. The lowest BCUT2D eigenvalue weighted by molar-refractivity contribution is 0.183. The van der Waals surface area contributed by atoms with Crippen molar-refractivity contribution in [2.24, 2.45) is 5.92 Å². The number of ether oxygens (including phenoxy) is 1. The standard InChI is InChI=1S/C14H18N4O/c1-11(12-6-9-19-10-12)16-13-2-4-14(5-3-13)18-8-7-15-17-18/h2-5,7-8,11-12,16H,6,9-10H2,1H3. The summed E-state index contributed by atoms with van der Waals surface area (Å²) < 4.78 is 7.17. The van der Waals surface area contributed by atoms with E-state index in [0.29, 0.717) is 12.0 Å². The molecule has 1 aromatic carbocycles. The number of nitrogens with zero attached hydrogens (tertiary/aromatic N) is 3. The third-order valence-electron chi connectivity index (χ3n) is 3.62. The third-order valence-corrected chi connectivity index (χ3v) is 3.62. The summed E-state index contributed by atoms with van der Waals surface area (Å²) in [7, 11) is 0. The van der Waals surface area contributed by atoms with Crippen LogP contribution in [0.1, 0.15) is 13.3 Å². The molecule has 1 aliphatic heterocycles. The van der Waals surface area contributed by atoms with Gasteiger partial charge in [0.1, 0.15) is 0 Å². The zero-order chi connectivity index (χ0) is 13.1. The summed E-state index contributed by atoms with van der Waals surface area (Å²) >= 11 is 0. The molecule has 1 aromatic heterocycles. The maximum absolute atomic E-state index is 5.43. The predicted molar refractivity (Wildman–Crippen MR) is 73.4 cm³/mol. The third kappa shape index (κ3) is 2.76. The van der Waals surface area contributed by atoms with Crippen LogP contribution in [0.25, 0.3) is 5.69 Å². The number of benzene rings is 1. The van der Waals surface area contributed by atoms with E-state index in [-0.39, 0.29) is 0 Å². The molecule has 5 heteroatoms. The average Bonchev–Trinajstić information content (AvgIpc) is 3.13. The Kier molecular flexibility index (Phi) is 3.46. The molecule has 0 radical (unpaired) electrons. The highest BCUT2D eigenvalue weighted by atomic mass is 16.5. The summed E-state index contributed by atoms with van der Waals surface area (Å²) in [5.74, 6) is 0.606. The topological polar surface area (TPSA) is 52.0 Å².